The summed E-state index contributed by atoms with van der Waals surface area (Å²) in [4.78, 5) is 44.5. The van der Waals surface area contributed by atoms with Gasteiger partial charge in [-0.2, -0.15) is 0 Å². The van der Waals surface area contributed by atoms with Gasteiger partial charge in [0.1, 0.15) is 12.1 Å². The van der Waals surface area contributed by atoms with Crippen molar-refractivity contribution in [3.63, 3.8) is 0 Å². The maximum atomic E-state index is 13.4. The molecule has 3 aliphatic heterocycles. The quantitative estimate of drug-likeness (QED) is 0.688. The fourth-order valence-corrected chi connectivity index (χ4v) is 5.31. The number of benzene rings is 1. The molecule has 2 saturated heterocycles. The molecule has 0 radical (unpaired) electrons. The molecule has 0 bridgehead atoms. The molecule has 0 aliphatic carbocycles. The van der Waals surface area contributed by atoms with Gasteiger partial charge in [0.05, 0.1) is 6.04 Å². The highest BCUT2D eigenvalue weighted by atomic mass is 16.4. The van der Waals surface area contributed by atoms with Gasteiger partial charge in [-0.3, -0.25) is 9.59 Å². The first-order valence-electron chi connectivity index (χ1n) is 10.2. The summed E-state index contributed by atoms with van der Waals surface area (Å²) in [5.41, 5.74) is 3.11. The maximum absolute atomic E-state index is 13.4. The zero-order chi connectivity index (χ0) is 20.1. The first kappa shape index (κ1) is 18.0. The number of carbonyl (C=O) groups excluding carboxylic acids is 2. The molecule has 2 fully saturated rings. The average Bonchev–Trinajstić information content (AvgIpc) is 3.34. The number of para-hydroxylation sites is 1. The van der Waals surface area contributed by atoms with Crippen molar-refractivity contribution in [2.45, 2.75) is 50.2 Å². The van der Waals surface area contributed by atoms with Crippen molar-refractivity contribution in [2.24, 2.45) is 0 Å². The molecule has 2 aromatic rings. The Kier molecular flexibility index (Phi) is 4.22. The van der Waals surface area contributed by atoms with E-state index >= 15 is 0 Å². The second-order valence-corrected chi connectivity index (χ2v) is 8.11. The van der Waals surface area contributed by atoms with Crippen LogP contribution in [-0.2, 0) is 16.0 Å². The number of carboxylic acid groups (broad SMARTS) is 1. The molecule has 152 valence electrons. The van der Waals surface area contributed by atoms with Crippen molar-refractivity contribution in [3.05, 3.63) is 35.5 Å². The molecule has 29 heavy (non-hydrogen) atoms. The van der Waals surface area contributed by atoms with Gasteiger partial charge >= 0.3 is 6.09 Å². The third-order valence-corrected chi connectivity index (χ3v) is 6.54. The van der Waals surface area contributed by atoms with Crippen molar-refractivity contribution in [1.82, 2.24) is 20.1 Å². The summed E-state index contributed by atoms with van der Waals surface area (Å²) >= 11 is 0. The zero-order valence-corrected chi connectivity index (χ0v) is 16.1. The van der Waals surface area contributed by atoms with Gasteiger partial charge in [-0.25, -0.2) is 4.79 Å². The molecule has 1 aromatic heterocycles. The monoisotopic (exact) mass is 396 g/mol. The fourth-order valence-electron chi connectivity index (χ4n) is 5.31. The highest BCUT2D eigenvalue weighted by Gasteiger charge is 2.52. The van der Waals surface area contributed by atoms with E-state index in [-0.39, 0.29) is 23.9 Å². The molecule has 8 nitrogen and oxygen atoms in total. The molecule has 0 spiro atoms. The molecule has 3 amide bonds. The van der Waals surface area contributed by atoms with Crippen LogP contribution in [0.2, 0.25) is 0 Å². The van der Waals surface area contributed by atoms with Crippen LogP contribution in [0.5, 0.6) is 0 Å². The van der Waals surface area contributed by atoms with Gasteiger partial charge in [-0.05, 0) is 37.3 Å². The van der Waals surface area contributed by atoms with Crippen LogP contribution in [-0.4, -0.2) is 63.0 Å². The molecule has 4 heterocycles. The van der Waals surface area contributed by atoms with Crippen molar-refractivity contribution in [2.75, 3.05) is 13.1 Å². The molecule has 3 aliphatic rings. The number of hydrogen-bond acceptors (Lipinski definition) is 3. The minimum Gasteiger partial charge on any atom is -0.465 e. The van der Waals surface area contributed by atoms with Gasteiger partial charge < -0.3 is 25.2 Å². The summed E-state index contributed by atoms with van der Waals surface area (Å²) in [7, 11) is 0. The predicted molar refractivity (Wildman–Crippen MR) is 105 cm³/mol. The van der Waals surface area contributed by atoms with Crippen molar-refractivity contribution in [3.8, 4) is 0 Å². The summed E-state index contributed by atoms with van der Waals surface area (Å²) in [6, 6.07) is 6.96. The van der Waals surface area contributed by atoms with Crippen LogP contribution in [0.1, 0.15) is 43.0 Å². The van der Waals surface area contributed by atoms with Gasteiger partial charge in [-0.1, -0.05) is 18.2 Å². The lowest BCUT2D eigenvalue weighted by molar-refractivity contribution is -0.163. The van der Waals surface area contributed by atoms with E-state index in [2.05, 4.69) is 16.4 Å². The Morgan fingerprint density at radius 1 is 1.21 bits per heavy atom. The lowest BCUT2D eigenvalue weighted by atomic mass is 9.86. The Bertz CT molecular complexity index is 1000. The molecule has 0 unspecified atom stereocenters. The summed E-state index contributed by atoms with van der Waals surface area (Å²) < 4.78 is 0. The van der Waals surface area contributed by atoms with E-state index in [9.17, 15) is 14.4 Å². The lowest BCUT2D eigenvalue weighted by Gasteiger charge is -2.48. The minimum atomic E-state index is -1.05. The number of rotatable bonds is 4. The van der Waals surface area contributed by atoms with Crippen LogP contribution in [0.25, 0.3) is 10.9 Å². The number of nitrogens with zero attached hydrogens (tertiary/aromatic N) is 2. The molecule has 0 saturated carbocycles. The highest BCUT2D eigenvalue weighted by molar-refractivity contribution is 5.99. The van der Waals surface area contributed by atoms with Crippen LogP contribution in [0, 0.1) is 0 Å². The third kappa shape index (κ3) is 2.77. The second-order valence-electron chi connectivity index (χ2n) is 8.11. The number of amides is 3. The Balaban J connectivity index is 1.54. The molecular weight excluding hydrogens is 372 g/mol. The van der Waals surface area contributed by atoms with Crippen LogP contribution >= 0.6 is 0 Å². The lowest BCUT2D eigenvalue weighted by Crippen LogP contribution is -2.65. The Labute approximate surface area is 167 Å². The van der Waals surface area contributed by atoms with Crippen LogP contribution in [0.3, 0.4) is 0 Å². The molecule has 8 heteroatoms. The third-order valence-electron chi connectivity index (χ3n) is 6.54. The maximum Gasteiger partial charge on any atom is 0.404 e. The van der Waals surface area contributed by atoms with Crippen LogP contribution in [0.15, 0.2) is 24.3 Å². The van der Waals surface area contributed by atoms with Crippen LogP contribution < -0.4 is 5.32 Å². The summed E-state index contributed by atoms with van der Waals surface area (Å²) in [6.07, 6.45) is 2.25. The van der Waals surface area contributed by atoms with E-state index in [4.69, 9.17) is 5.11 Å². The van der Waals surface area contributed by atoms with E-state index in [0.29, 0.717) is 32.4 Å². The van der Waals surface area contributed by atoms with E-state index in [0.717, 1.165) is 35.0 Å². The van der Waals surface area contributed by atoms with E-state index in [1.807, 2.05) is 18.2 Å². The number of aromatic nitrogens is 1. The Morgan fingerprint density at radius 2 is 2.03 bits per heavy atom. The predicted octanol–water partition coefficient (Wildman–Crippen LogP) is 2.01. The Morgan fingerprint density at radius 3 is 2.86 bits per heavy atom. The Hall–Kier alpha value is -3.03. The standard InChI is InChI=1S/C21H24N4O4/c26-19-17-11-13-12-5-1-2-6-14(12)23-18(13)15(7-3-9-22-21(28)29)25(17)20(27)16-8-4-10-24(16)19/h1-2,5-6,15-17,22-23H,3-4,7-11H2,(H,28,29)/t15-,16-,17-/m0/s1. The number of fused-ring (bicyclic) bond motifs is 5. The fraction of sp³-hybridized carbons (Fsp3) is 0.476. The SMILES string of the molecule is O=C(O)NCCC[C@H]1c2[nH]c3ccccc3c2C[C@H]2C(=O)N3CCC[C@H]3C(=O)N21. The van der Waals surface area contributed by atoms with Gasteiger partial charge in [0.2, 0.25) is 11.8 Å². The normalized spacial score (nSPS) is 25.7. The topological polar surface area (TPSA) is 106 Å². The number of hydrogen-bond donors (Lipinski definition) is 3. The number of H-pyrrole nitrogens is 1. The van der Waals surface area contributed by atoms with Gasteiger partial charge in [0, 0.05) is 36.1 Å². The summed E-state index contributed by atoms with van der Waals surface area (Å²) in [5, 5.41) is 12.3. The molecule has 1 aromatic carbocycles. The average molecular weight is 396 g/mol. The molecule has 3 N–H and O–H groups in total. The van der Waals surface area contributed by atoms with Crippen molar-refractivity contribution < 1.29 is 19.5 Å². The first-order valence-corrected chi connectivity index (χ1v) is 10.2. The van der Waals surface area contributed by atoms with Gasteiger partial charge in [-0.15, -0.1) is 0 Å². The van der Waals surface area contributed by atoms with Gasteiger partial charge in [0.25, 0.3) is 0 Å². The van der Waals surface area contributed by atoms with E-state index in [1.54, 1.807) is 9.80 Å². The summed E-state index contributed by atoms with van der Waals surface area (Å²) in [5.74, 6) is 0.0873. The van der Waals surface area contributed by atoms with E-state index < -0.39 is 12.1 Å². The number of nitrogens with one attached hydrogen (secondary N) is 2. The smallest absolute Gasteiger partial charge is 0.404 e. The second kappa shape index (κ2) is 6.79. The molecule has 5 rings (SSSR count). The molecular formula is C21H24N4O4. The zero-order valence-electron chi connectivity index (χ0n) is 16.1. The van der Waals surface area contributed by atoms with Crippen molar-refractivity contribution >= 4 is 28.8 Å². The number of aromatic amines is 1. The van der Waals surface area contributed by atoms with E-state index in [1.165, 1.54) is 0 Å². The number of carbonyl (C=O) groups is 3. The van der Waals surface area contributed by atoms with Gasteiger partial charge in [0.15, 0.2) is 0 Å². The minimum absolute atomic E-state index is 0.0348. The number of piperazine rings is 1. The summed E-state index contributed by atoms with van der Waals surface area (Å²) in [6.45, 7) is 0.977. The molecule has 3 atom stereocenters. The highest BCUT2D eigenvalue weighted by Crippen LogP contribution is 2.43. The van der Waals surface area contributed by atoms with Crippen LogP contribution in [0.4, 0.5) is 4.79 Å². The first-order chi connectivity index (χ1) is 14.1. The largest absolute Gasteiger partial charge is 0.465 e. The van der Waals surface area contributed by atoms with Crippen molar-refractivity contribution in [1.29, 1.82) is 0 Å².